The summed E-state index contributed by atoms with van der Waals surface area (Å²) < 4.78 is 3.27. The van der Waals surface area contributed by atoms with Gasteiger partial charge >= 0.3 is 0 Å². The van der Waals surface area contributed by atoms with Gasteiger partial charge in [-0.15, -0.1) is 11.3 Å². The molecule has 3 aromatic rings. The maximum atomic E-state index is 5.66. The van der Waals surface area contributed by atoms with Crippen LogP contribution < -0.4 is 5.73 Å². The van der Waals surface area contributed by atoms with E-state index in [0.29, 0.717) is 6.54 Å². The third-order valence-electron chi connectivity index (χ3n) is 3.55. The van der Waals surface area contributed by atoms with Crippen molar-refractivity contribution in [3.05, 3.63) is 46.2 Å². The normalized spacial score (nSPS) is 11.3. The zero-order valence-corrected chi connectivity index (χ0v) is 12.6. The average molecular weight is 286 g/mol. The van der Waals surface area contributed by atoms with E-state index in [1.165, 1.54) is 16.0 Å². The van der Waals surface area contributed by atoms with Gasteiger partial charge in [0.05, 0.1) is 22.5 Å². The number of thiazole rings is 1. The lowest BCUT2D eigenvalue weighted by atomic mass is 10.1. The summed E-state index contributed by atoms with van der Waals surface area (Å²) in [5.74, 6) is 0. The van der Waals surface area contributed by atoms with Gasteiger partial charge in [0.15, 0.2) is 0 Å². The van der Waals surface area contributed by atoms with Crippen molar-refractivity contribution in [2.45, 2.75) is 26.8 Å². The summed E-state index contributed by atoms with van der Waals surface area (Å²) in [6, 6.07) is 8.23. The standard InChI is InChI=1S/C15H18N4S/c1-10-12(7-8-16)11(2)19(18-10)9-15-17-13-5-3-4-6-14(13)20-15/h3-6H,7-9,16H2,1-2H3. The van der Waals surface area contributed by atoms with Crippen LogP contribution in [0.5, 0.6) is 0 Å². The highest BCUT2D eigenvalue weighted by molar-refractivity contribution is 7.18. The highest BCUT2D eigenvalue weighted by Gasteiger charge is 2.12. The summed E-state index contributed by atoms with van der Waals surface area (Å²) in [4.78, 5) is 4.67. The minimum absolute atomic E-state index is 0.661. The predicted octanol–water partition coefficient (Wildman–Crippen LogP) is 2.66. The van der Waals surface area contributed by atoms with Gasteiger partial charge in [0, 0.05) is 5.69 Å². The molecule has 3 rings (SSSR count). The summed E-state index contributed by atoms with van der Waals surface area (Å²) in [5, 5.41) is 5.72. The number of benzene rings is 1. The van der Waals surface area contributed by atoms with Crippen LogP contribution in [0.15, 0.2) is 24.3 Å². The minimum atomic E-state index is 0.661. The van der Waals surface area contributed by atoms with E-state index < -0.39 is 0 Å². The van der Waals surface area contributed by atoms with E-state index in [1.54, 1.807) is 11.3 Å². The van der Waals surface area contributed by atoms with E-state index in [0.717, 1.165) is 29.2 Å². The molecular weight excluding hydrogens is 268 g/mol. The van der Waals surface area contributed by atoms with Crippen LogP contribution in [0.1, 0.15) is 22.0 Å². The van der Waals surface area contributed by atoms with Gasteiger partial charge in [-0.05, 0) is 44.5 Å². The SMILES string of the molecule is Cc1nn(Cc2nc3ccccc3s2)c(C)c1CCN. The fourth-order valence-electron chi connectivity index (χ4n) is 2.51. The van der Waals surface area contributed by atoms with Gasteiger partial charge in [0.1, 0.15) is 5.01 Å². The number of rotatable bonds is 4. The zero-order valence-electron chi connectivity index (χ0n) is 11.8. The number of para-hydroxylation sites is 1. The molecule has 104 valence electrons. The molecule has 0 unspecified atom stereocenters. The Kier molecular flexibility index (Phi) is 3.54. The molecule has 0 saturated heterocycles. The Morgan fingerprint density at radius 3 is 2.80 bits per heavy atom. The van der Waals surface area contributed by atoms with Crippen LogP contribution in [-0.2, 0) is 13.0 Å². The molecule has 0 aliphatic carbocycles. The Morgan fingerprint density at radius 2 is 2.05 bits per heavy atom. The van der Waals surface area contributed by atoms with Gasteiger partial charge in [-0.25, -0.2) is 4.98 Å². The third-order valence-corrected chi connectivity index (χ3v) is 4.57. The molecule has 0 atom stereocenters. The first-order valence-corrected chi connectivity index (χ1v) is 7.58. The van der Waals surface area contributed by atoms with E-state index >= 15 is 0 Å². The molecule has 2 heterocycles. The number of hydrogen-bond donors (Lipinski definition) is 1. The van der Waals surface area contributed by atoms with Crippen LogP contribution in [0.3, 0.4) is 0 Å². The molecule has 0 saturated carbocycles. The maximum absolute atomic E-state index is 5.66. The largest absolute Gasteiger partial charge is 0.330 e. The van der Waals surface area contributed by atoms with Gasteiger partial charge in [-0.3, -0.25) is 4.68 Å². The van der Waals surface area contributed by atoms with Crippen molar-refractivity contribution >= 4 is 21.6 Å². The van der Waals surface area contributed by atoms with E-state index in [2.05, 4.69) is 29.1 Å². The van der Waals surface area contributed by atoms with E-state index in [-0.39, 0.29) is 0 Å². The lowest BCUT2D eigenvalue weighted by Gasteiger charge is -2.02. The van der Waals surface area contributed by atoms with Crippen LogP contribution >= 0.6 is 11.3 Å². The van der Waals surface area contributed by atoms with Crippen LogP contribution in [0.4, 0.5) is 0 Å². The maximum Gasteiger partial charge on any atom is 0.115 e. The molecule has 0 aliphatic heterocycles. The molecule has 2 aromatic heterocycles. The van der Waals surface area contributed by atoms with E-state index in [9.17, 15) is 0 Å². The van der Waals surface area contributed by atoms with Crippen molar-refractivity contribution in [2.24, 2.45) is 5.73 Å². The molecule has 4 nitrogen and oxygen atoms in total. The molecule has 2 N–H and O–H groups in total. The van der Waals surface area contributed by atoms with Crippen LogP contribution in [0, 0.1) is 13.8 Å². The molecule has 0 fully saturated rings. The van der Waals surface area contributed by atoms with Gasteiger partial charge in [0.25, 0.3) is 0 Å². The van der Waals surface area contributed by atoms with E-state index in [4.69, 9.17) is 5.73 Å². The number of nitrogens with zero attached hydrogens (tertiary/aromatic N) is 3. The molecule has 1 aromatic carbocycles. The fourth-order valence-corrected chi connectivity index (χ4v) is 3.46. The Morgan fingerprint density at radius 1 is 1.25 bits per heavy atom. The monoisotopic (exact) mass is 286 g/mol. The first-order chi connectivity index (χ1) is 9.69. The topological polar surface area (TPSA) is 56.7 Å². The molecule has 0 bridgehead atoms. The minimum Gasteiger partial charge on any atom is -0.330 e. The highest BCUT2D eigenvalue weighted by Crippen LogP contribution is 2.23. The molecule has 20 heavy (non-hydrogen) atoms. The Labute approximate surface area is 122 Å². The Bertz CT molecular complexity index is 708. The smallest absolute Gasteiger partial charge is 0.115 e. The van der Waals surface area contributed by atoms with Crippen LogP contribution in [0.2, 0.25) is 0 Å². The second kappa shape index (κ2) is 5.34. The number of aryl methyl sites for hydroxylation is 1. The highest BCUT2D eigenvalue weighted by atomic mass is 32.1. The molecule has 0 aliphatic rings. The molecule has 0 spiro atoms. The second-order valence-corrected chi connectivity index (χ2v) is 6.04. The van der Waals surface area contributed by atoms with Crippen molar-refractivity contribution in [1.82, 2.24) is 14.8 Å². The third kappa shape index (κ3) is 2.34. The summed E-state index contributed by atoms with van der Waals surface area (Å²) >= 11 is 1.73. The molecule has 0 radical (unpaired) electrons. The lowest BCUT2D eigenvalue weighted by molar-refractivity contribution is 0.656. The van der Waals surface area contributed by atoms with E-state index in [1.807, 2.05) is 23.7 Å². The van der Waals surface area contributed by atoms with Crippen LogP contribution in [0.25, 0.3) is 10.2 Å². The summed E-state index contributed by atoms with van der Waals surface area (Å²) in [6.45, 7) is 5.55. The number of aromatic nitrogens is 3. The van der Waals surface area contributed by atoms with Gasteiger partial charge in [-0.1, -0.05) is 12.1 Å². The lowest BCUT2D eigenvalue weighted by Crippen LogP contribution is -2.06. The van der Waals surface area contributed by atoms with Crippen molar-refractivity contribution < 1.29 is 0 Å². The summed E-state index contributed by atoms with van der Waals surface area (Å²) in [6.07, 6.45) is 0.886. The Hall–Kier alpha value is -1.72. The number of fused-ring (bicyclic) bond motifs is 1. The molecular formula is C15H18N4S. The van der Waals surface area contributed by atoms with Crippen molar-refractivity contribution in [2.75, 3.05) is 6.54 Å². The first kappa shape index (κ1) is 13.3. The van der Waals surface area contributed by atoms with Crippen molar-refractivity contribution in [3.63, 3.8) is 0 Å². The first-order valence-electron chi connectivity index (χ1n) is 6.76. The molecule has 5 heteroatoms. The van der Waals surface area contributed by atoms with Gasteiger partial charge in [0.2, 0.25) is 0 Å². The van der Waals surface area contributed by atoms with Gasteiger partial charge in [-0.2, -0.15) is 5.10 Å². The van der Waals surface area contributed by atoms with Crippen LogP contribution in [-0.4, -0.2) is 21.3 Å². The zero-order chi connectivity index (χ0) is 14.1. The molecule has 0 amide bonds. The summed E-state index contributed by atoms with van der Waals surface area (Å²) in [5.41, 5.74) is 10.3. The Balaban J connectivity index is 1.92. The quantitative estimate of drug-likeness (QED) is 0.802. The summed E-state index contributed by atoms with van der Waals surface area (Å²) in [7, 11) is 0. The van der Waals surface area contributed by atoms with Crippen molar-refractivity contribution in [3.8, 4) is 0 Å². The van der Waals surface area contributed by atoms with Crippen molar-refractivity contribution in [1.29, 1.82) is 0 Å². The number of nitrogens with two attached hydrogens (primary N) is 1. The average Bonchev–Trinajstić information content (AvgIpc) is 2.95. The fraction of sp³-hybridized carbons (Fsp3) is 0.333. The predicted molar refractivity (Wildman–Crippen MR) is 83.2 cm³/mol. The van der Waals surface area contributed by atoms with Gasteiger partial charge < -0.3 is 5.73 Å². The second-order valence-electron chi connectivity index (χ2n) is 4.92. The number of hydrogen-bond acceptors (Lipinski definition) is 4.